The summed E-state index contributed by atoms with van der Waals surface area (Å²) in [5.74, 6) is 0.295. The van der Waals surface area contributed by atoms with Gasteiger partial charge in [0.15, 0.2) is 0 Å². The number of carboxylic acids is 1. The van der Waals surface area contributed by atoms with E-state index in [0.717, 1.165) is 38.2 Å². The molecule has 0 bridgehead atoms. The molecule has 1 saturated heterocycles. The van der Waals surface area contributed by atoms with Gasteiger partial charge in [0.1, 0.15) is 0 Å². The van der Waals surface area contributed by atoms with Gasteiger partial charge >= 0.3 is 5.97 Å². The minimum absolute atomic E-state index is 0.0350. The van der Waals surface area contributed by atoms with Crippen molar-refractivity contribution in [1.82, 2.24) is 0 Å². The van der Waals surface area contributed by atoms with E-state index >= 15 is 0 Å². The summed E-state index contributed by atoms with van der Waals surface area (Å²) in [4.78, 5) is 11.4. The van der Waals surface area contributed by atoms with Crippen LogP contribution in [0.3, 0.4) is 0 Å². The van der Waals surface area contributed by atoms with Gasteiger partial charge in [-0.1, -0.05) is 20.8 Å². The predicted molar refractivity (Wildman–Crippen MR) is 75.0 cm³/mol. The van der Waals surface area contributed by atoms with Crippen molar-refractivity contribution in [3.8, 4) is 0 Å². The minimum Gasteiger partial charge on any atom is -0.481 e. The summed E-state index contributed by atoms with van der Waals surface area (Å²) in [6.07, 6.45) is 6.37. The lowest BCUT2D eigenvalue weighted by Crippen LogP contribution is -2.42. The van der Waals surface area contributed by atoms with E-state index in [0.29, 0.717) is 11.3 Å². The number of carbonyl (C=O) groups is 1. The van der Waals surface area contributed by atoms with Crippen molar-refractivity contribution < 1.29 is 14.6 Å². The van der Waals surface area contributed by atoms with Crippen molar-refractivity contribution in [2.45, 2.75) is 65.4 Å². The van der Waals surface area contributed by atoms with Crippen molar-refractivity contribution in [1.29, 1.82) is 0 Å². The molecule has 1 aliphatic heterocycles. The van der Waals surface area contributed by atoms with Crippen molar-refractivity contribution in [3.63, 3.8) is 0 Å². The van der Waals surface area contributed by atoms with Gasteiger partial charge in [0.25, 0.3) is 0 Å². The van der Waals surface area contributed by atoms with Crippen LogP contribution in [0.2, 0.25) is 0 Å². The molecule has 3 heteroatoms. The summed E-state index contributed by atoms with van der Waals surface area (Å²) in [5.41, 5.74) is 0.380. The number of rotatable bonds is 2. The van der Waals surface area contributed by atoms with Gasteiger partial charge in [-0.3, -0.25) is 4.79 Å². The molecule has 0 amide bonds. The Balaban J connectivity index is 1.94. The highest BCUT2D eigenvalue weighted by Crippen LogP contribution is 2.43. The zero-order valence-corrected chi connectivity index (χ0v) is 12.5. The normalized spacial score (nSPS) is 37.0. The van der Waals surface area contributed by atoms with Crippen LogP contribution < -0.4 is 0 Å². The van der Waals surface area contributed by atoms with Crippen LogP contribution in [-0.4, -0.2) is 23.8 Å². The lowest BCUT2D eigenvalue weighted by Gasteiger charge is -2.42. The van der Waals surface area contributed by atoms with Crippen LogP contribution in [0.25, 0.3) is 0 Å². The first-order valence-corrected chi connectivity index (χ1v) is 7.74. The van der Waals surface area contributed by atoms with E-state index in [-0.39, 0.29) is 12.0 Å². The molecule has 0 aromatic heterocycles. The molecule has 0 aromatic rings. The molecule has 2 rings (SSSR count). The third-order valence-electron chi connectivity index (χ3n) is 5.14. The number of aliphatic carboxylic acids is 1. The van der Waals surface area contributed by atoms with Crippen LogP contribution in [0.5, 0.6) is 0 Å². The Hall–Kier alpha value is -0.570. The molecule has 19 heavy (non-hydrogen) atoms. The van der Waals surface area contributed by atoms with Gasteiger partial charge in [-0.2, -0.15) is 0 Å². The first-order valence-electron chi connectivity index (χ1n) is 7.74. The average molecular weight is 268 g/mol. The Morgan fingerprint density at radius 2 is 1.74 bits per heavy atom. The van der Waals surface area contributed by atoms with E-state index in [4.69, 9.17) is 4.74 Å². The standard InChI is InChI=1S/C16H28O3/c1-16(2,3)12-8-6-11(7-9-12)14-13(15(17)18)5-4-10-19-14/h11-14H,4-10H2,1-3H3,(H,17,18). The maximum absolute atomic E-state index is 11.4. The Kier molecular flexibility index (Phi) is 4.54. The second-order valence-electron chi connectivity index (χ2n) is 7.40. The second kappa shape index (κ2) is 5.82. The summed E-state index contributed by atoms with van der Waals surface area (Å²) >= 11 is 0. The molecule has 0 aromatic carbocycles. The maximum atomic E-state index is 11.4. The molecule has 0 spiro atoms. The van der Waals surface area contributed by atoms with Crippen molar-refractivity contribution in [3.05, 3.63) is 0 Å². The Bertz CT molecular complexity index is 310. The summed E-state index contributed by atoms with van der Waals surface area (Å²) in [6, 6.07) is 0. The van der Waals surface area contributed by atoms with Gasteiger partial charge in [0.2, 0.25) is 0 Å². The quantitative estimate of drug-likeness (QED) is 0.830. The number of hydrogen-bond donors (Lipinski definition) is 1. The lowest BCUT2D eigenvalue weighted by atomic mass is 9.67. The molecule has 2 unspecified atom stereocenters. The van der Waals surface area contributed by atoms with Crippen LogP contribution in [0.15, 0.2) is 0 Å². The average Bonchev–Trinajstić information content (AvgIpc) is 2.38. The highest BCUT2D eigenvalue weighted by Gasteiger charge is 2.40. The fraction of sp³-hybridized carbons (Fsp3) is 0.938. The molecular weight excluding hydrogens is 240 g/mol. The summed E-state index contributed by atoms with van der Waals surface area (Å²) in [7, 11) is 0. The van der Waals surface area contributed by atoms with Crippen LogP contribution in [0.4, 0.5) is 0 Å². The third kappa shape index (κ3) is 3.50. The van der Waals surface area contributed by atoms with E-state index in [1.165, 1.54) is 12.8 Å². The highest BCUT2D eigenvalue weighted by atomic mass is 16.5. The fourth-order valence-corrected chi connectivity index (χ4v) is 3.85. The molecule has 2 fully saturated rings. The Morgan fingerprint density at radius 1 is 1.11 bits per heavy atom. The first-order chi connectivity index (χ1) is 8.89. The molecule has 1 aliphatic carbocycles. The molecule has 110 valence electrons. The van der Waals surface area contributed by atoms with Crippen molar-refractivity contribution in [2.24, 2.45) is 23.2 Å². The smallest absolute Gasteiger partial charge is 0.309 e. The molecule has 2 aliphatic rings. The van der Waals surface area contributed by atoms with E-state index in [1.54, 1.807) is 0 Å². The molecule has 1 saturated carbocycles. The molecule has 1 N–H and O–H groups in total. The topological polar surface area (TPSA) is 46.5 Å². The fourth-order valence-electron chi connectivity index (χ4n) is 3.85. The molecule has 3 nitrogen and oxygen atoms in total. The zero-order chi connectivity index (χ0) is 14.0. The van der Waals surface area contributed by atoms with E-state index in [1.807, 2.05) is 0 Å². The number of hydrogen-bond acceptors (Lipinski definition) is 2. The molecular formula is C16H28O3. The van der Waals surface area contributed by atoms with E-state index in [2.05, 4.69) is 20.8 Å². The Labute approximate surface area is 116 Å². The minimum atomic E-state index is -0.664. The number of ether oxygens (including phenoxy) is 1. The molecule has 0 radical (unpaired) electrons. The summed E-state index contributed by atoms with van der Waals surface area (Å²) < 4.78 is 5.83. The predicted octanol–water partition coefficient (Wildman–Crippen LogP) is 3.72. The van der Waals surface area contributed by atoms with Gasteiger partial charge in [0, 0.05) is 6.61 Å². The van der Waals surface area contributed by atoms with Gasteiger partial charge in [-0.05, 0) is 55.8 Å². The van der Waals surface area contributed by atoms with Crippen LogP contribution in [0.1, 0.15) is 59.3 Å². The number of carboxylic acid groups (broad SMARTS) is 1. The largest absolute Gasteiger partial charge is 0.481 e. The molecule has 1 heterocycles. The first kappa shape index (κ1) is 14.8. The van der Waals surface area contributed by atoms with E-state index < -0.39 is 5.97 Å². The lowest BCUT2D eigenvalue weighted by molar-refractivity contribution is -0.156. The van der Waals surface area contributed by atoms with Crippen LogP contribution in [0, 0.1) is 23.2 Å². The third-order valence-corrected chi connectivity index (χ3v) is 5.14. The monoisotopic (exact) mass is 268 g/mol. The van der Waals surface area contributed by atoms with Gasteiger partial charge in [-0.25, -0.2) is 0 Å². The highest BCUT2D eigenvalue weighted by molar-refractivity contribution is 5.70. The molecule has 2 atom stereocenters. The van der Waals surface area contributed by atoms with Crippen LogP contribution >= 0.6 is 0 Å². The van der Waals surface area contributed by atoms with Gasteiger partial charge in [-0.15, -0.1) is 0 Å². The van der Waals surface area contributed by atoms with Gasteiger partial charge < -0.3 is 9.84 Å². The maximum Gasteiger partial charge on any atom is 0.309 e. The summed E-state index contributed by atoms with van der Waals surface area (Å²) in [6.45, 7) is 7.69. The van der Waals surface area contributed by atoms with Crippen molar-refractivity contribution >= 4 is 5.97 Å². The Morgan fingerprint density at radius 3 is 2.26 bits per heavy atom. The van der Waals surface area contributed by atoms with Crippen molar-refractivity contribution in [2.75, 3.05) is 6.61 Å². The SMILES string of the molecule is CC(C)(C)C1CCC(C2OCCCC2C(=O)O)CC1. The second-order valence-corrected chi connectivity index (χ2v) is 7.40. The van der Waals surface area contributed by atoms with E-state index in [9.17, 15) is 9.90 Å². The van der Waals surface area contributed by atoms with Crippen LogP contribution in [-0.2, 0) is 9.53 Å². The zero-order valence-electron chi connectivity index (χ0n) is 12.5. The van der Waals surface area contributed by atoms with Gasteiger partial charge in [0.05, 0.1) is 12.0 Å². The summed E-state index contributed by atoms with van der Waals surface area (Å²) in [5, 5.41) is 9.34.